The van der Waals surface area contributed by atoms with Crippen molar-refractivity contribution in [3.8, 4) is 11.1 Å². The highest BCUT2D eigenvalue weighted by atomic mass is 15.2. The predicted octanol–water partition coefficient (Wildman–Crippen LogP) is 9.05. The van der Waals surface area contributed by atoms with Crippen molar-refractivity contribution in [2.24, 2.45) is 0 Å². The molecule has 8 rings (SSSR count). The molecule has 2 heterocycles. The Kier molecular flexibility index (Phi) is 4.94. The van der Waals surface area contributed by atoms with Crippen molar-refractivity contribution in [1.82, 2.24) is 4.57 Å². The molecular formula is C36H30N2. The number of rotatable bonds is 3. The fourth-order valence-corrected chi connectivity index (χ4v) is 7.05. The lowest BCUT2D eigenvalue weighted by atomic mass is 9.89. The molecule has 0 radical (unpaired) electrons. The number of aryl methyl sites for hydroxylation is 1. The highest BCUT2D eigenvalue weighted by Crippen LogP contribution is 2.49. The minimum absolute atomic E-state index is 0.309. The summed E-state index contributed by atoms with van der Waals surface area (Å²) in [6.45, 7) is 0. The Morgan fingerprint density at radius 3 is 2.55 bits per heavy atom. The van der Waals surface area contributed by atoms with Crippen LogP contribution < -0.4 is 4.90 Å². The van der Waals surface area contributed by atoms with Gasteiger partial charge in [-0.05, 0) is 66.3 Å². The molecule has 0 saturated carbocycles. The molecule has 0 fully saturated rings. The van der Waals surface area contributed by atoms with Gasteiger partial charge in [-0.15, -0.1) is 0 Å². The standard InChI is InChI=1S/C36H30N2/c1-3-12-26(13-4-1)37-33-20-9-8-17-30(33)32-24-25(22-23-35(32)37)28-18-11-19-31-29-16-7-10-21-34(29)38(36(28)31)27-14-5-2-6-15-27/h1-6,8-14,17-24,27,30,33H,7,15-16H2. The first-order valence-electron chi connectivity index (χ1n) is 13.9. The minimum atomic E-state index is 0.309. The van der Waals surface area contributed by atoms with Crippen LogP contribution in [0.4, 0.5) is 11.4 Å². The van der Waals surface area contributed by atoms with Crippen LogP contribution in [0.15, 0.2) is 121 Å². The zero-order valence-corrected chi connectivity index (χ0v) is 21.4. The van der Waals surface area contributed by atoms with Crippen molar-refractivity contribution in [2.75, 3.05) is 4.90 Å². The van der Waals surface area contributed by atoms with Crippen LogP contribution in [0.3, 0.4) is 0 Å². The summed E-state index contributed by atoms with van der Waals surface area (Å²) in [6, 6.07) is 25.6. The Bertz CT molecular complexity index is 1710. The maximum atomic E-state index is 2.62. The average Bonchev–Trinajstić information content (AvgIpc) is 3.51. The zero-order valence-electron chi connectivity index (χ0n) is 21.4. The van der Waals surface area contributed by atoms with E-state index in [1.54, 1.807) is 0 Å². The SMILES string of the molecule is C1=CCC(n2c3c(c4cccc(-c5ccc6c(c5)C5C=CC=CC5N6c5ccccc5)c42)CCC=C3)C=C1. The molecule has 38 heavy (non-hydrogen) atoms. The molecule has 1 aromatic heterocycles. The van der Waals surface area contributed by atoms with Gasteiger partial charge in [0.25, 0.3) is 0 Å². The molecule has 2 heteroatoms. The van der Waals surface area contributed by atoms with Crippen molar-refractivity contribution >= 4 is 28.4 Å². The fourth-order valence-electron chi connectivity index (χ4n) is 7.05. The van der Waals surface area contributed by atoms with Crippen LogP contribution in [-0.4, -0.2) is 10.6 Å². The van der Waals surface area contributed by atoms with E-state index in [9.17, 15) is 0 Å². The van der Waals surface area contributed by atoms with Gasteiger partial charge in [-0.2, -0.15) is 0 Å². The van der Waals surface area contributed by atoms with Gasteiger partial charge in [-0.1, -0.05) is 97.1 Å². The van der Waals surface area contributed by atoms with Crippen LogP contribution >= 0.6 is 0 Å². The molecule has 3 atom stereocenters. The third kappa shape index (κ3) is 3.20. The number of benzene rings is 3. The highest BCUT2D eigenvalue weighted by Gasteiger charge is 2.37. The van der Waals surface area contributed by atoms with Gasteiger partial charge in [0.1, 0.15) is 0 Å². The summed E-state index contributed by atoms with van der Waals surface area (Å²) in [5.74, 6) is 0.351. The summed E-state index contributed by atoms with van der Waals surface area (Å²) in [5.41, 5.74) is 10.9. The molecule has 2 nitrogen and oxygen atoms in total. The number of aromatic nitrogens is 1. The Hall–Kier alpha value is -4.30. The highest BCUT2D eigenvalue weighted by molar-refractivity contribution is 6.00. The summed E-state index contributed by atoms with van der Waals surface area (Å²) in [6.07, 6.45) is 26.2. The maximum absolute atomic E-state index is 2.62. The Balaban J connectivity index is 1.33. The lowest BCUT2D eigenvalue weighted by Crippen LogP contribution is -2.28. The largest absolute Gasteiger partial charge is 0.333 e. The third-order valence-electron chi connectivity index (χ3n) is 8.69. The quantitative estimate of drug-likeness (QED) is 0.278. The number of hydrogen-bond donors (Lipinski definition) is 0. The van der Waals surface area contributed by atoms with E-state index in [2.05, 4.69) is 137 Å². The number of nitrogens with zero attached hydrogens (tertiary/aromatic N) is 2. The van der Waals surface area contributed by atoms with Crippen molar-refractivity contribution < 1.29 is 0 Å². The van der Waals surface area contributed by atoms with E-state index in [0.717, 1.165) is 19.3 Å². The molecule has 4 aliphatic rings. The van der Waals surface area contributed by atoms with Gasteiger partial charge in [-0.3, -0.25) is 0 Å². The van der Waals surface area contributed by atoms with Crippen LogP contribution in [0.1, 0.15) is 41.6 Å². The zero-order chi connectivity index (χ0) is 25.1. The average molecular weight is 491 g/mol. The molecule has 0 N–H and O–H groups in total. The molecule has 184 valence electrons. The maximum Gasteiger partial charge on any atom is 0.0629 e. The van der Waals surface area contributed by atoms with E-state index in [4.69, 9.17) is 0 Å². The van der Waals surface area contributed by atoms with Crippen LogP contribution in [0.25, 0.3) is 28.1 Å². The molecule has 0 spiro atoms. The van der Waals surface area contributed by atoms with Crippen LogP contribution in [-0.2, 0) is 6.42 Å². The first kappa shape index (κ1) is 21.8. The molecule has 0 amide bonds. The monoisotopic (exact) mass is 490 g/mol. The fraction of sp³-hybridized carbons (Fsp3) is 0.167. The van der Waals surface area contributed by atoms with Crippen molar-refractivity contribution in [2.45, 2.75) is 37.3 Å². The predicted molar refractivity (Wildman–Crippen MR) is 160 cm³/mol. The lowest BCUT2D eigenvalue weighted by Gasteiger charge is -2.28. The van der Waals surface area contributed by atoms with Gasteiger partial charge in [0.05, 0.1) is 17.6 Å². The molecule has 3 unspecified atom stereocenters. The van der Waals surface area contributed by atoms with Crippen LogP contribution in [0.2, 0.25) is 0 Å². The third-order valence-corrected chi connectivity index (χ3v) is 8.69. The first-order chi connectivity index (χ1) is 18.9. The smallest absolute Gasteiger partial charge is 0.0629 e. The van der Waals surface area contributed by atoms with Gasteiger partial charge in [-0.25, -0.2) is 0 Å². The number of fused-ring (bicyclic) bond motifs is 6. The summed E-state index contributed by atoms with van der Waals surface area (Å²) in [7, 11) is 0. The molecule has 4 aromatic rings. The second-order valence-corrected chi connectivity index (χ2v) is 10.8. The van der Waals surface area contributed by atoms with Gasteiger partial charge >= 0.3 is 0 Å². The molecule has 3 aromatic carbocycles. The van der Waals surface area contributed by atoms with Gasteiger partial charge in [0.2, 0.25) is 0 Å². The van der Waals surface area contributed by atoms with Gasteiger partial charge < -0.3 is 9.47 Å². The Labute approximate surface area is 224 Å². The van der Waals surface area contributed by atoms with E-state index in [-0.39, 0.29) is 0 Å². The summed E-state index contributed by atoms with van der Waals surface area (Å²) in [5, 5.41) is 1.41. The van der Waals surface area contributed by atoms with Crippen molar-refractivity contribution in [3.63, 3.8) is 0 Å². The second-order valence-electron chi connectivity index (χ2n) is 10.8. The van der Waals surface area contributed by atoms with E-state index >= 15 is 0 Å². The molecule has 3 aliphatic carbocycles. The van der Waals surface area contributed by atoms with Crippen molar-refractivity contribution in [1.29, 1.82) is 0 Å². The Morgan fingerprint density at radius 2 is 1.66 bits per heavy atom. The topological polar surface area (TPSA) is 8.17 Å². The summed E-state index contributed by atoms with van der Waals surface area (Å²) < 4.78 is 2.62. The minimum Gasteiger partial charge on any atom is -0.333 e. The molecule has 0 saturated heterocycles. The van der Waals surface area contributed by atoms with Crippen LogP contribution in [0.5, 0.6) is 0 Å². The van der Waals surface area contributed by atoms with Crippen LogP contribution in [0, 0.1) is 0 Å². The number of allylic oxidation sites excluding steroid dienone is 7. The van der Waals surface area contributed by atoms with Gasteiger partial charge in [0.15, 0.2) is 0 Å². The molecular weight excluding hydrogens is 460 g/mol. The normalized spacial score (nSPS) is 22.6. The number of anilines is 2. The van der Waals surface area contributed by atoms with E-state index in [0.29, 0.717) is 18.0 Å². The second kappa shape index (κ2) is 8.63. The first-order valence-corrected chi connectivity index (χ1v) is 13.9. The van der Waals surface area contributed by atoms with E-state index in [1.807, 2.05) is 0 Å². The van der Waals surface area contributed by atoms with E-state index < -0.39 is 0 Å². The molecule has 0 bridgehead atoms. The molecule has 1 aliphatic heterocycles. The number of hydrogen-bond acceptors (Lipinski definition) is 1. The Morgan fingerprint density at radius 1 is 0.763 bits per heavy atom. The van der Waals surface area contributed by atoms with Crippen molar-refractivity contribution in [3.05, 3.63) is 138 Å². The number of para-hydroxylation sites is 2. The summed E-state index contributed by atoms with van der Waals surface area (Å²) >= 11 is 0. The van der Waals surface area contributed by atoms with Gasteiger partial charge in [0, 0.05) is 33.9 Å². The lowest BCUT2D eigenvalue weighted by molar-refractivity contribution is 0.621. The van der Waals surface area contributed by atoms with E-state index in [1.165, 1.54) is 50.2 Å². The summed E-state index contributed by atoms with van der Waals surface area (Å²) in [4.78, 5) is 2.51.